The molecular weight excluding hydrogens is 226 g/mol. The van der Waals surface area contributed by atoms with Crippen LogP contribution in [0.3, 0.4) is 0 Å². The van der Waals surface area contributed by atoms with Gasteiger partial charge >= 0.3 is 0 Å². The van der Waals surface area contributed by atoms with Gasteiger partial charge in [-0.3, -0.25) is 4.79 Å². The van der Waals surface area contributed by atoms with Crippen LogP contribution in [-0.4, -0.2) is 23.4 Å². The maximum absolute atomic E-state index is 12.1. The molecule has 1 saturated heterocycles. The first kappa shape index (κ1) is 11.0. The van der Waals surface area contributed by atoms with Gasteiger partial charge in [0, 0.05) is 22.9 Å². The zero-order valence-electron chi connectivity index (χ0n) is 8.77. The Morgan fingerprint density at radius 2 is 2.53 bits per heavy atom. The molecule has 1 amide bonds. The first-order chi connectivity index (χ1) is 7.22. The van der Waals surface area contributed by atoms with Crippen molar-refractivity contribution in [3.63, 3.8) is 0 Å². The first-order valence-corrected chi connectivity index (χ1v) is 6.63. The van der Waals surface area contributed by atoms with E-state index in [0.29, 0.717) is 6.04 Å². The lowest BCUT2D eigenvalue weighted by atomic mass is 10.2. The molecule has 1 aliphatic rings. The molecule has 0 radical (unpaired) electrons. The molecule has 4 heteroatoms. The third kappa shape index (κ3) is 2.21. The highest BCUT2D eigenvalue weighted by Gasteiger charge is 2.28. The van der Waals surface area contributed by atoms with Crippen molar-refractivity contribution < 1.29 is 4.79 Å². The second-order valence-corrected chi connectivity index (χ2v) is 5.30. The summed E-state index contributed by atoms with van der Waals surface area (Å²) in [6.45, 7) is 3.06. The Hall–Kier alpha value is -0.480. The van der Waals surface area contributed by atoms with E-state index in [1.165, 1.54) is 11.3 Å². The maximum atomic E-state index is 12.1. The average Bonchev–Trinajstić information content (AvgIpc) is 2.84. The molecule has 1 aromatic heterocycles. The molecular formula is C11H15NOS2. The van der Waals surface area contributed by atoms with Crippen molar-refractivity contribution in [2.24, 2.45) is 0 Å². The van der Waals surface area contributed by atoms with Gasteiger partial charge in [0.1, 0.15) is 0 Å². The van der Waals surface area contributed by atoms with Gasteiger partial charge < -0.3 is 4.90 Å². The van der Waals surface area contributed by atoms with E-state index in [0.717, 1.165) is 35.6 Å². The summed E-state index contributed by atoms with van der Waals surface area (Å²) < 4.78 is 0. The van der Waals surface area contributed by atoms with Gasteiger partial charge in [-0.15, -0.1) is 24.0 Å². The maximum Gasteiger partial charge on any atom is 0.264 e. The third-order valence-electron chi connectivity index (χ3n) is 2.91. The van der Waals surface area contributed by atoms with Gasteiger partial charge in [-0.25, -0.2) is 0 Å². The van der Waals surface area contributed by atoms with Gasteiger partial charge in [0.2, 0.25) is 0 Å². The van der Waals surface area contributed by atoms with Crippen molar-refractivity contribution in [3.8, 4) is 0 Å². The van der Waals surface area contributed by atoms with E-state index < -0.39 is 0 Å². The van der Waals surface area contributed by atoms with Gasteiger partial charge in [-0.05, 0) is 25.3 Å². The van der Waals surface area contributed by atoms with Crippen molar-refractivity contribution >= 4 is 29.9 Å². The zero-order valence-corrected chi connectivity index (χ0v) is 10.5. The molecule has 2 nitrogen and oxygen atoms in total. The molecule has 1 aromatic rings. The summed E-state index contributed by atoms with van der Waals surface area (Å²) >= 11 is 5.72. The van der Waals surface area contributed by atoms with Crippen LogP contribution in [-0.2, 0) is 0 Å². The van der Waals surface area contributed by atoms with E-state index in [9.17, 15) is 4.79 Å². The minimum absolute atomic E-state index is 0.185. The van der Waals surface area contributed by atoms with E-state index in [2.05, 4.69) is 19.6 Å². The lowest BCUT2D eigenvalue weighted by Gasteiger charge is -2.22. The van der Waals surface area contributed by atoms with E-state index >= 15 is 0 Å². The van der Waals surface area contributed by atoms with Crippen molar-refractivity contribution in [2.75, 3.05) is 6.54 Å². The smallest absolute Gasteiger partial charge is 0.264 e. The molecule has 2 heterocycles. The molecule has 0 bridgehead atoms. The first-order valence-electron chi connectivity index (χ1n) is 5.31. The highest BCUT2D eigenvalue weighted by Crippen LogP contribution is 2.25. The Morgan fingerprint density at radius 1 is 1.73 bits per heavy atom. The minimum Gasteiger partial charge on any atom is -0.335 e. The van der Waals surface area contributed by atoms with Gasteiger partial charge in [0.05, 0.1) is 4.88 Å². The van der Waals surface area contributed by atoms with E-state index in [1.54, 1.807) is 0 Å². The van der Waals surface area contributed by atoms with Crippen LogP contribution in [0.4, 0.5) is 0 Å². The largest absolute Gasteiger partial charge is 0.335 e. The number of rotatable bonds is 2. The fraction of sp³-hybridized carbons (Fsp3) is 0.545. The van der Waals surface area contributed by atoms with Crippen LogP contribution >= 0.6 is 24.0 Å². The molecule has 82 valence electrons. The number of hydrogen-bond acceptors (Lipinski definition) is 3. The van der Waals surface area contributed by atoms with Gasteiger partial charge in [0.15, 0.2) is 0 Å². The summed E-state index contributed by atoms with van der Waals surface area (Å²) in [7, 11) is 0. The molecule has 0 aromatic carbocycles. The summed E-state index contributed by atoms with van der Waals surface area (Å²) in [5, 5.41) is 1.91. The lowest BCUT2D eigenvalue weighted by Crippen LogP contribution is -2.34. The van der Waals surface area contributed by atoms with Crippen molar-refractivity contribution in [2.45, 2.75) is 37.1 Å². The number of amides is 1. The SMILES string of the molecule is CCC1CCCN1C(=O)c1cc(S)cs1. The number of likely N-dealkylation sites (tertiary alicyclic amines) is 1. The molecule has 0 aliphatic carbocycles. The molecule has 15 heavy (non-hydrogen) atoms. The van der Waals surface area contributed by atoms with Gasteiger partial charge in [-0.2, -0.15) is 0 Å². The number of hydrogen-bond donors (Lipinski definition) is 1. The second-order valence-electron chi connectivity index (χ2n) is 3.87. The quantitative estimate of drug-likeness (QED) is 0.789. The van der Waals surface area contributed by atoms with Gasteiger partial charge in [-0.1, -0.05) is 6.92 Å². The number of carbonyl (C=O) groups excluding carboxylic acids is 1. The highest BCUT2D eigenvalue weighted by atomic mass is 32.1. The topological polar surface area (TPSA) is 20.3 Å². The molecule has 2 rings (SSSR count). The van der Waals surface area contributed by atoms with Crippen molar-refractivity contribution in [1.82, 2.24) is 4.90 Å². The molecule has 0 N–H and O–H groups in total. The summed E-state index contributed by atoms with van der Waals surface area (Å²) in [4.78, 5) is 15.8. The average molecular weight is 241 g/mol. The lowest BCUT2D eigenvalue weighted by molar-refractivity contribution is 0.0738. The van der Waals surface area contributed by atoms with Gasteiger partial charge in [0.25, 0.3) is 5.91 Å². The normalized spacial score (nSPS) is 20.9. The van der Waals surface area contributed by atoms with Crippen LogP contribution in [0.5, 0.6) is 0 Å². The number of carbonyl (C=O) groups is 1. The Bertz CT molecular complexity index is 361. The highest BCUT2D eigenvalue weighted by molar-refractivity contribution is 7.80. The number of nitrogens with zero attached hydrogens (tertiary/aromatic N) is 1. The standard InChI is InChI=1S/C11H15NOS2/c1-2-8-4-3-5-12(8)11(13)10-6-9(14)7-15-10/h6-8,14H,2-5H2,1H3. The van der Waals surface area contributed by atoms with Crippen LogP contribution < -0.4 is 0 Å². The van der Waals surface area contributed by atoms with Crippen LogP contribution in [0.1, 0.15) is 35.9 Å². The Labute approximate surface area is 99.7 Å². The van der Waals surface area contributed by atoms with Crippen molar-refractivity contribution in [1.29, 1.82) is 0 Å². The zero-order chi connectivity index (χ0) is 10.8. The van der Waals surface area contributed by atoms with E-state index in [4.69, 9.17) is 0 Å². The Kier molecular flexibility index (Phi) is 3.36. The number of thiophene rings is 1. The fourth-order valence-corrected chi connectivity index (χ4v) is 3.21. The number of thiol groups is 1. The minimum atomic E-state index is 0.185. The summed E-state index contributed by atoms with van der Waals surface area (Å²) in [5.41, 5.74) is 0. The molecule has 1 aliphatic heterocycles. The van der Waals surface area contributed by atoms with E-state index in [1.807, 2.05) is 16.3 Å². The predicted octanol–water partition coefficient (Wildman–Crippen LogP) is 3.05. The molecule has 0 spiro atoms. The van der Waals surface area contributed by atoms with Crippen LogP contribution in [0.2, 0.25) is 0 Å². The van der Waals surface area contributed by atoms with Crippen molar-refractivity contribution in [3.05, 3.63) is 16.3 Å². The monoisotopic (exact) mass is 241 g/mol. The summed E-state index contributed by atoms with van der Waals surface area (Å²) in [6.07, 6.45) is 3.36. The Balaban J connectivity index is 2.13. The van der Waals surface area contributed by atoms with E-state index in [-0.39, 0.29) is 5.91 Å². The summed E-state index contributed by atoms with van der Waals surface area (Å²) in [5.74, 6) is 0.185. The van der Waals surface area contributed by atoms with Crippen LogP contribution in [0, 0.1) is 0 Å². The van der Waals surface area contributed by atoms with Crippen LogP contribution in [0.15, 0.2) is 16.3 Å². The molecule has 0 saturated carbocycles. The summed E-state index contributed by atoms with van der Waals surface area (Å²) in [6, 6.07) is 2.31. The third-order valence-corrected chi connectivity index (χ3v) is 4.26. The molecule has 1 fully saturated rings. The van der Waals surface area contributed by atoms with Crippen LogP contribution in [0.25, 0.3) is 0 Å². The Morgan fingerprint density at radius 3 is 3.13 bits per heavy atom. The second kappa shape index (κ2) is 4.58. The molecule has 1 unspecified atom stereocenters. The fourth-order valence-electron chi connectivity index (χ4n) is 2.11. The molecule has 1 atom stereocenters. The predicted molar refractivity (Wildman–Crippen MR) is 65.9 cm³/mol.